The van der Waals surface area contributed by atoms with Crippen molar-refractivity contribution in [3.8, 4) is 0 Å². The summed E-state index contributed by atoms with van der Waals surface area (Å²) in [6.45, 7) is 8.14. The summed E-state index contributed by atoms with van der Waals surface area (Å²) in [7, 11) is -3.61. The first kappa shape index (κ1) is 17.0. The third-order valence-corrected chi connectivity index (χ3v) is 6.82. The monoisotopic (exact) mass is 324 g/mol. The van der Waals surface area contributed by atoms with E-state index in [2.05, 4.69) is 0 Å². The molecule has 1 aromatic carbocycles. The maximum Gasteiger partial charge on any atom is 0.243 e. The van der Waals surface area contributed by atoms with Gasteiger partial charge in [0, 0.05) is 13.1 Å². The molecule has 1 aliphatic rings. The Kier molecular flexibility index (Phi) is 4.63. The van der Waals surface area contributed by atoms with Gasteiger partial charge in [0.05, 0.1) is 10.8 Å². The second kappa shape index (κ2) is 6.01. The van der Waals surface area contributed by atoms with Crippen LogP contribution in [0, 0.1) is 33.6 Å². The quantitative estimate of drug-likeness (QED) is 0.920. The average molecular weight is 324 g/mol. The largest absolute Gasteiger partial charge is 0.369 e. The van der Waals surface area contributed by atoms with Crippen molar-refractivity contribution >= 4 is 15.9 Å². The van der Waals surface area contributed by atoms with Crippen molar-refractivity contribution in [1.82, 2.24) is 4.31 Å². The van der Waals surface area contributed by atoms with E-state index < -0.39 is 21.8 Å². The highest BCUT2D eigenvalue weighted by atomic mass is 32.2. The molecule has 1 fully saturated rings. The Morgan fingerprint density at radius 1 is 1.18 bits per heavy atom. The lowest BCUT2D eigenvalue weighted by Crippen LogP contribution is -2.44. The molecule has 1 aromatic rings. The van der Waals surface area contributed by atoms with Crippen molar-refractivity contribution in [2.45, 2.75) is 45.4 Å². The number of carbonyl (C=O) groups excluding carboxylic acids is 1. The molecule has 1 aliphatic heterocycles. The molecule has 1 heterocycles. The van der Waals surface area contributed by atoms with Gasteiger partial charge in [0.15, 0.2) is 0 Å². The van der Waals surface area contributed by atoms with Gasteiger partial charge in [-0.15, -0.1) is 0 Å². The Bertz CT molecular complexity index is 684. The fraction of sp³-hybridized carbons (Fsp3) is 0.562. The van der Waals surface area contributed by atoms with Crippen LogP contribution in [0.15, 0.2) is 11.0 Å². The molecular weight excluding hydrogens is 300 g/mol. The zero-order valence-electron chi connectivity index (χ0n) is 13.6. The van der Waals surface area contributed by atoms with Crippen molar-refractivity contribution in [3.05, 3.63) is 28.3 Å². The fourth-order valence-corrected chi connectivity index (χ4v) is 5.19. The van der Waals surface area contributed by atoms with Crippen LogP contribution in [0.25, 0.3) is 0 Å². The summed E-state index contributed by atoms with van der Waals surface area (Å²) in [6, 6.07) is 2.01. The van der Waals surface area contributed by atoms with Crippen molar-refractivity contribution < 1.29 is 13.2 Å². The molecule has 0 saturated carbocycles. The Morgan fingerprint density at radius 2 is 1.73 bits per heavy atom. The first-order valence-corrected chi connectivity index (χ1v) is 8.97. The summed E-state index contributed by atoms with van der Waals surface area (Å²) in [4.78, 5) is 11.8. The van der Waals surface area contributed by atoms with E-state index in [-0.39, 0.29) is 6.54 Å². The maximum absolute atomic E-state index is 13.1. The van der Waals surface area contributed by atoms with Crippen molar-refractivity contribution in [3.63, 3.8) is 0 Å². The zero-order chi connectivity index (χ0) is 16.7. The lowest BCUT2D eigenvalue weighted by atomic mass is 9.99. The fourth-order valence-electron chi connectivity index (χ4n) is 3.09. The molecular formula is C16H24N2O3S. The van der Waals surface area contributed by atoms with Gasteiger partial charge in [0.2, 0.25) is 15.9 Å². The molecule has 0 bridgehead atoms. The summed E-state index contributed by atoms with van der Waals surface area (Å²) >= 11 is 0. The minimum Gasteiger partial charge on any atom is -0.369 e. The molecule has 0 aromatic heterocycles. The smallest absolute Gasteiger partial charge is 0.243 e. The van der Waals surface area contributed by atoms with E-state index >= 15 is 0 Å². The Hall–Kier alpha value is -1.40. The minimum atomic E-state index is -3.61. The van der Waals surface area contributed by atoms with Gasteiger partial charge in [0.25, 0.3) is 0 Å². The van der Waals surface area contributed by atoms with Crippen LogP contribution >= 0.6 is 0 Å². The number of aryl methyl sites for hydroxylation is 2. The first-order valence-electron chi connectivity index (χ1n) is 7.53. The number of rotatable bonds is 3. The van der Waals surface area contributed by atoms with Crippen LogP contribution in [0.5, 0.6) is 0 Å². The van der Waals surface area contributed by atoms with Crippen LogP contribution in [-0.4, -0.2) is 31.7 Å². The Labute approximate surface area is 132 Å². The van der Waals surface area contributed by atoms with Gasteiger partial charge in [-0.25, -0.2) is 8.42 Å². The number of primary amides is 1. The molecule has 0 unspecified atom stereocenters. The molecule has 22 heavy (non-hydrogen) atoms. The van der Waals surface area contributed by atoms with E-state index in [1.165, 1.54) is 4.31 Å². The van der Waals surface area contributed by atoms with E-state index in [0.29, 0.717) is 24.3 Å². The molecule has 122 valence electrons. The average Bonchev–Trinajstić information content (AvgIpc) is 2.45. The normalized spacial score (nSPS) is 20.1. The Balaban J connectivity index is 2.50. The van der Waals surface area contributed by atoms with Crippen molar-refractivity contribution in [2.75, 3.05) is 13.1 Å². The highest BCUT2D eigenvalue weighted by Gasteiger charge is 2.34. The van der Waals surface area contributed by atoms with Crippen LogP contribution in [0.3, 0.4) is 0 Å². The first-order chi connectivity index (χ1) is 10.2. The topological polar surface area (TPSA) is 80.5 Å². The standard InChI is InChI=1S/C16H24N2O3S/c1-10-8-11(2)13(4)15(12(10)3)22(20,21)18-7-5-6-14(9-18)16(17)19/h8,14H,5-7,9H2,1-4H3,(H2,17,19)/t14-/m1/s1. The van der Waals surface area contributed by atoms with Gasteiger partial charge in [-0.3, -0.25) is 4.79 Å². The van der Waals surface area contributed by atoms with E-state index in [1.807, 2.05) is 33.8 Å². The summed E-state index contributed by atoms with van der Waals surface area (Å²) < 4.78 is 27.6. The van der Waals surface area contributed by atoms with Crippen LogP contribution in [0.4, 0.5) is 0 Å². The summed E-state index contributed by atoms with van der Waals surface area (Å²) in [5.74, 6) is -0.816. The summed E-state index contributed by atoms with van der Waals surface area (Å²) in [5.41, 5.74) is 8.85. The predicted molar refractivity (Wildman–Crippen MR) is 86.1 cm³/mol. The number of nitrogens with two attached hydrogens (primary N) is 1. The van der Waals surface area contributed by atoms with Gasteiger partial charge in [-0.1, -0.05) is 6.07 Å². The SMILES string of the molecule is Cc1cc(C)c(C)c(S(=O)(=O)N2CCC[C@@H](C(N)=O)C2)c1C. The van der Waals surface area contributed by atoms with Crippen LogP contribution in [-0.2, 0) is 14.8 Å². The molecule has 1 atom stereocenters. The summed E-state index contributed by atoms with van der Waals surface area (Å²) in [5, 5.41) is 0. The third kappa shape index (κ3) is 2.90. The van der Waals surface area contributed by atoms with Gasteiger partial charge < -0.3 is 5.73 Å². The van der Waals surface area contributed by atoms with Gasteiger partial charge in [0.1, 0.15) is 0 Å². The number of carbonyl (C=O) groups is 1. The second-order valence-electron chi connectivity index (χ2n) is 6.19. The van der Waals surface area contributed by atoms with Crippen LogP contribution in [0.2, 0.25) is 0 Å². The molecule has 6 heteroatoms. The number of sulfonamides is 1. The Morgan fingerprint density at radius 3 is 2.23 bits per heavy atom. The van der Waals surface area contributed by atoms with Crippen molar-refractivity contribution in [1.29, 1.82) is 0 Å². The molecule has 0 radical (unpaired) electrons. The number of benzene rings is 1. The molecule has 0 aliphatic carbocycles. The number of piperidine rings is 1. The van der Waals surface area contributed by atoms with Crippen LogP contribution in [0.1, 0.15) is 35.1 Å². The molecule has 5 nitrogen and oxygen atoms in total. The van der Waals surface area contributed by atoms with Gasteiger partial charge >= 0.3 is 0 Å². The summed E-state index contributed by atoms with van der Waals surface area (Å²) in [6.07, 6.45) is 1.32. The molecule has 0 spiro atoms. The van der Waals surface area contributed by atoms with Gasteiger partial charge in [-0.2, -0.15) is 4.31 Å². The highest BCUT2D eigenvalue weighted by Crippen LogP contribution is 2.31. The third-order valence-electron chi connectivity index (χ3n) is 4.68. The van der Waals surface area contributed by atoms with Crippen molar-refractivity contribution in [2.24, 2.45) is 11.7 Å². The maximum atomic E-state index is 13.1. The van der Waals surface area contributed by atoms with Gasteiger partial charge in [-0.05, 0) is 62.8 Å². The number of amides is 1. The molecule has 1 amide bonds. The molecule has 2 N–H and O–H groups in total. The van der Waals surface area contributed by atoms with E-state index in [9.17, 15) is 13.2 Å². The van der Waals surface area contributed by atoms with Crippen LogP contribution < -0.4 is 5.73 Å². The molecule has 1 saturated heterocycles. The highest BCUT2D eigenvalue weighted by molar-refractivity contribution is 7.89. The minimum absolute atomic E-state index is 0.184. The lowest BCUT2D eigenvalue weighted by molar-refractivity contribution is -0.122. The molecule has 2 rings (SSSR count). The zero-order valence-corrected chi connectivity index (χ0v) is 14.5. The van der Waals surface area contributed by atoms with E-state index in [0.717, 1.165) is 22.3 Å². The number of hydrogen-bond acceptors (Lipinski definition) is 3. The number of hydrogen-bond donors (Lipinski definition) is 1. The van der Waals surface area contributed by atoms with E-state index in [4.69, 9.17) is 5.73 Å². The lowest BCUT2D eigenvalue weighted by Gasteiger charge is -2.31. The predicted octanol–water partition coefficient (Wildman–Crippen LogP) is 1.81. The second-order valence-corrected chi connectivity index (χ2v) is 8.07. The van der Waals surface area contributed by atoms with E-state index in [1.54, 1.807) is 0 Å². The number of nitrogens with zero attached hydrogens (tertiary/aromatic N) is 1.